The maximum absolute atomic E-state index is 13.5. The van der Waals surface area contributed by atoms with Crippen molar-refractivity contribution >= 4 is 15.7 Å². The van der Waals surface area contributed by atoms with Gasteiger partial charge in [0.2, 0.25) is 0 Å². The van der Waals surface area contributed by atoms with Crippen LogP contribution in [0, 0.1) is 6.92 Å². The highest BCUT2D eigenvalue weighted by atomic mass is 32.2. The van der Waals surface area contributed by atoms with Crippen molar-refractivity contribution in [3.8, 4) is 11.5 Å². The van der Waals surface area contributed by atoms with Crippen molar-refractivity contribution in [2.45, 2.75) is 24.3 Å². The van der Waals surface area contributed by atoms with Gasteiger partial charge < -0.3 is 9.47 Å². The Hall–Kier alpha value is -3.32. The van der Waals surface area contributed by atoms with E-state index in [2.05, 4.69) is 5.10 Å². The van der Waals surface area contributed by atoms with Gasteiger partial charge in [-0.15, -0.1) is 0 Å². The van der Waals surface area contributed by atoms with Gasteiger partial charge in [0.25, 0.3) is 10.0 Å². The van der Waals surface area contributed by atoms with E-state index in [0.29, 0.717) is 23.6 Å². The number of hydrazone groups is 1. The molecule has 3 aromatic carbocycles. The maximum Gasteiger partial charge on any atom is 0.279 e. The Balaban J connectivity index is 1.83. The molecule has 1 aliphatic rings. The van der Waals surface area contributed by atoms with Gasteiger partial charge in [-0.05, 0) is 42.3 Å². The molecule has 1 heterocycles. The topological polar surface area (TPSA) is 68.2 Å². The summed E-state index contributed by atoms with van der Waals surface area (Å²) in [6, 6.07) is 21.2. The fourth-order valence-electron chi connectivity index (χ4n) is 3.60. The third-order valence-corrected chi connectivity index (χ3v) is 7.00. The monoisotopic (exact) mass is 436 g/mol. The quantitative estimate of drug-likeness (QED) is 0.568. The smallest absolute Gasteiger partial charge is 0.279 e. The van der Waals surface area contributed by atoms with E-state index in [9.17, 15) is 8.42 Å². The van der Waals surface area contributed by atoms with Crippen LogP contribution in [0.25, 0.3) is 0 Å². The number of nitrogens with zero attached hydrogens (tertiary/aromatic N) is 2. The standard InChI is InChI=1S/C24H24N2O4S/c1-17-9-11-18(12-10-17)23-16-24(19-13-20(29-2)15-21(14-19)30-3)26(25-23)31(27,28)22-7-5-4-6-8-22/h4-15,24H,16H2,1-3H3/t24-/m1/s1. The van der Waals surface area contributed by atoms with E-state index in [1.165, 1.54) is 4.41 Å². The number of hydrogen-bond donors (Lipinski definition) is 0. The number of hydrogen-bond acceptors (Lipinski definition) is 5. The number of sulfonamides is 1. The number of ether oxygens (including phenoxy) is 2. The zero-order valence-electron chi connectivity index (χ0n) is 17.6. The average Bonchev–Trinajstić information content (AvgIpc) is 3.26. The molecule has 0 aliphatic carbocycles. The Morgan fingerprint density at radius 3 is 2.10 bits per heavy atom. The fraction of sp³-hybridized carbons (Fsp3) is 0.208. The number of benzene rings is 3. The number of rotatable bonds is 6. The molecule has 1 atom stereocenters. The van der Waals surface area contributed by atoms with Gasteiger partial charge in [0.15, 0.2) is 0 Å². The normalized spacial score (nSPS) is 16.2. The predicted octanol–water partition coefficient (Wildman–Crippen LogP) is 4.55. The van der Waals surface area contributed by atoms with Crippen molar-refractivity contribution in [1.29, 1.82) is 0 Å². The molecule has 0 unspecified atom stereocenters. The van der Waals surface area contributed by atoms with Gasteiger partial charge in [-0.1, -0.05) is 48.0 Å². The van der Waals surface area contributed by atoms with Crippen molar-refractivity contribution < 1.29 is 17.9 Å². The molecule has 0 saturated heterocycles. The van der Waals surface area contributed by atoms with Crippen LogP contribution in [-0.2, 0) is 10.0 Å². The molecule has 7 heteroatoms. The summed E-state index contributed by atoms with van der Waals surface area (Å²) in [4.78, 5) is 0.198. The van der Waals surface area contributed by atoms with Gasteiger partial charge in [0, 0.05) is 12.5 Å². The van der Waals surface area contributed by atoms with Gasteiger partial charge in [0.05, 0.1) is 30.9 Å². The van der Waals surface area contributed by atoms with Gasteiger partial charge in [-0.25, -0.2) is 0 Å². The molecule has 0 N–H and O–H groups in total. The van der Waals surface area contributed by atoms with E-state index in [0.717, 1.165) is 16.7 Å². The number of aryl methyl sites for hydroxylation is 1. The Kier molecular flexibility index (Phi) is 5.69. The van der Waals surface area contributed by atoms with Crippen molar-refractivity contribution in [2.75, 3.05) is 14.2 Å². The van der Waals surface area contributed by atoms with Crippen LogP contribution < -0.4 is 9.47 Å². The summed E-state index contributed by atoms with van der Waals surface area (Å²) in [6.45, 7) is 2.01. The van der Waals surface area contributed by atoms with Crippen LogP contribution in [0.5, 0.6) is 11.5 Å². The summed E-state index contributed by atoms with van der Waals surface area (Å²) in [5.74, 6) is 1.19. The average molecular weight is 437 g/mol. The van der Waals surface area contributed by atoms with Gasteiger partial charge in [-0.2, -0.15) is 17.9 Å². The first-order chi connectivity index (χ1) is 14.9. The third kappa shape index (κ3) is 4.14. The van der Waals surface area contributed by atoms with E-state index in [4.69, 9.17) is 9.47 Å². The molecule has 31 heavy (non-hydrogen) atoms. The first-order valence-electron chi connectivity index (χ1n) is 9.89. The van der Waals surface area contributed by atoms with E-state index < -0.39 is 16.1 Å². The van der Waals surface area contributed by atoms with E-state index in [1.54, 1.807) is 50.6 Å². The second-order valence-electron chi connectivity index (χ2n) is 7.37. The van der Waals surface area contributed by atoms with Crippen LogP contribution in [0.3, 0.4) is 0 Å². The largest absolute Gasteiger partial charge is 0.497 e. The third-order valence-electron chi connectivity index (χ3n) is 5.30. The molecule has 6 nitrogen and oxygen atoms in total. The van der Waals surface area contributed by atoms with E-state index in [1.807, 2.05) is 43.3 Å². The summed E-state index contributed by atoms with van der Waals surface area (Å²) in [7, 11) is -0.721. The second-order valence-corrected chi connectivity index (χ2v) is 9.16. The molecular formula is C24H24N2O4S. The van der Waals surface area contributed by atoms with Gasteiger partial charge in [0.1, 0.15) is 11.5 Å². The fourth-order valence-corrected chi connectivity index (χ4v) is 5.06. The van der Waals surface area contributed by atoms with Crippen molar-refractivity contribution in [3.63, 3.8) is 0 Å². The van der Waals surface area contributed by atoms with Crippen molar-refractivity contribution in [3.05, 3.63) is 89.5 Å². The Labute approximate surface area is 182 Å². The zero-order chi connectivity index (χ0) is 22.0. The Morgan fingerprint density at radius 1 is 0.903 bits per heavy atom. The lowest BCUT2D eigenvalue weighted by molar-refractivity contribution is 0.362. The molecule has 160 valence electrons. The molecule has 0 fully saturated rings. The summed E-state index contributed by atoms with van der Waals surface area (Å²) in [5, 5.41) is 4.59. The highest BCUT2D eigenvalue weighted by Crippen LogP contribution is 2.39. The van der Waals surface area contributed by atoms with Crippen LogP contribution in [0.15, 0.2) is 82.8 Å². The highest BCUT2D eigenvalue weighted by molar-refractivity contribution is 7.89. The first kappa shape index (κ1) is 20.9. The molecule has 0 spiro atoms. The lowest BCUT2D eigenvalue weighted by atomic mass is 9.98. The van der Waals surface area contributed by atoms with Crippen LogP contribution in [-0.4, -0.2) is 32.8 Å². The molecule has 0 amide bonds. The predicted molar refractivity (Wildman–Crippen MR) is 120 cm³/mol. The lowest BCUT2D eigenvalue weighted by Crippen LogP contribution is -2.27. The maximum atomic E-state index is 13.5. The van der Waals surface area contributed by atoms with E-state index >= 15 is 0 Å². The second kappa shape index (κ2) is 8.43. The van der Waals surface area contributed by atoms with Gasteiger partial charge in [-0.3, -0.25) is 0 Å². The van der Waals surface area contributed by atoms with Gasteiger partial charge >= 0.3 is 0 Å². The zero-order valence-corrected chi connectivity index (χ0v) is 18.5. The lowest BCUT2D eigenvalue weighted by Gasteiger charge is -2.24. The summed E-state index contributed by atoms with van der Waals surface area (Å²) in [6.07, 6.45) is 0.436. The molecule has 4 rings (SSSR count). The van der Waals surface area contributed by atoms with Crippen LogP contribution >= 0.6 is 0 Å². The number of methoxy groups -OCH3 is 2. The van der Waals surface area contributed by atoms with Crippen LogP contribution in [0.4, 0.5) is 0 Å². The van der Waals surface area contributed by atoms with Crippen molar-refractivity contribution in [2.24, 2.45) is 5.10 Å². The molecule has 0 radical (unpaired) electrons. The Bertz CT molecular complexity index is 1180. The SMILES string of the molecule is COc1cc(OC)cc([C@H]2CC(c3ccc(C)cc3)=NN2S(=O)(=O)c2ccccc2)c1. The van der Waals surface area contributed by atoms with Crippen molar-refractivity contribution in [1.82, 2.24) is 4.41 Å². The summed E-state index contributed by atoms with van der Waals surface area (Å²) in [5.41, 5.74) is 3.49. The molecular weight excluding hydrogens is 412 g/mol. The summed E-state index contributed by atoms with van der Waals surface area (Å²) >= 11 is 0. The van der Waals surface area contributed by atoms with Crippen LogP contribution in [0.1, 0.15) is 29.2 Å². The Morgan fingerprint density at radius 2 is 1.52 bits per heavy atom. The van der Waals surface area contributed by atoms with E-state index in [-0.39, 0.29) is 4.90 Å². The molecule has 3 aromatic rings. The highest BCUT2D eigenvalue weighted by Gasteiger charge is 2.38. The summed E-state index contributed by atoms with van der Waals surface area (Å²) < 4.78 is 39.0. The first-order valence-corrected chi connectivity index (χ1v) is 11.3. The molecule has 0 aromatic heterocycles. The minimum Gasteiger partial charge on any atom is -0.497 e. The molecule has 0 saturated carbocycles. The molecule has 0 bridgehead atoms. The van der Waals surface area contributed by atoms with Crippen LogP contribution in [0.2, 0.25) is 0 Å². The minimum atomic E-state index is -3.86. The molecule has 1 aliphatic heterocycles. The minimum absolute atomic E-state index is 0.198.